The summed E-state index contributed by atoms with van der Waals surface area (Å²) in [6.07, 6.45) is 5.58. The Kier molecular flexibility index (Phi) is 11.0. The smallest absolute Gasteiger partial charge is 0.312 e. The molecule has 4 bridgehead atoms. The first-order valence-electron chi connectivity index (χ1n) is 18.5. The Morgan fingerprint density at radius 3 is 2.38 bits per heavy atom. The predicted molar refractivity (Wildman–Crippen MR) is 208 cm³/mol. The lowest BCUT2D eigenvalue weighted by Crippen LogP contribution is -2.46. The van der Waals surface area contributed by atoms with Crippen LogP contribution < -0.4 is 10.1 Å². The van der Waals surface area contributed by atoms with E-state index in [1.807, 2.05) is 0 Å². The fraction of sp³-hybridized carbons (Fsp3) is 0.429. The number of aliphatic hydroxyl groups is 2. The summed E-state index contributed by atoms with van der Waals surface area (Å²) in [5.74, 6) is -6.96. The van der Waals surface area contributed by atoms with Crippen LogP contribution in [-0.2, 0) is 23.8 Å². The molecule has 56 heavy (non-hydrogen) atoms. The molecule has 5 N–H and O–H groups in total. The maximum absolute atomic E-state index is 14.5. The van der Waals surface area contributed by atoms with Crippen molar-refractivity contribution in [2.24, 2.45) is 23.7 Å². The number of aromatic hydroxyl groups is 2. The average molecular weight is 772 g/mol. The van der Waals surface area contributed by atoms with E-state index in [2.05, 4.69) is 5.32 Å². The molecule has 2 aliphatic heterocycles. The van der Waals surface area contributed by atoms with Crippen molar-refractivity contribution in [3.8, 4) is 17.2 Å². The second-order valence-corrected chi connectivity index (χ2v) is 15.1. The molecular formula is C42H49N3O11. The highest BCUT2D eigenvalue weighted by molar-refractivity contribution is 6.28. The highest BCUT2D eigenvalue weighted by atomic mass is 16.7. The van der Waals surface area contributed by atoms with E-state index < -0.39 is 77.3 Å². The standard InChI is InChI=1S/C42H49N3O11/c1-19-13-12-14-20(2)41(52)44-32-33-31(43-27-15-10-11-17-45(27)33)28-29(37(32)50)36(49)24(6)39-30(28)40(51)42(8,56-39)54-18-16-26(53-9)21(3)38(55-25(7)46)23(5)35(48)22(4)34(19)47/h10-19,21-23,26,34-35,38,47-50H,1-9H3,(H,44,52)/b13-12+,18-16+,20-14-/t19-,21+,22+,23+,26-,34-,35+,38+,42-/m0/s1. The molecule has 2 aliphatic rings. The number of Topliss-reactive ketones (excluding diaryl/α,β-unsaturated/α-hetero) is 1. The topological polar surface area (TPSA) is 198 Å². The van der Waals surface area contributed by atoms with Gasteiger partial charge in [0.1, 0.15) is 40.0 Å². The van der Waals surface area contributed by atoms with Crippen molar-refractivity contribution in [2.75, 3.05) is 12.4 Å². The normalized spacial score (nSPS) is 31.2. The number of imidazole rings is 1. The van der Waals surface area contributed by atoms with Gasteiger partial charge in [-0.05, 0) is 32.1 Å². The molecule has 0 radical (unpaired) electrons. The molecule has 0 fully saturated rings. The first kappa shape index (κ1) is 40.2. The monoisotopic (exact) mass is 771 g/mol. The molecule has 0 spiro atoms. The van der Waals surface area contributed by atoms with Gasteiger partial charge in [-0.2, -0.15) is 0 Å². The highest BCUT2D eigenvalue weighted by Gasteiger charge is 2.49. The third-order valence-electron chi connectivity index (χ3n) is 11.3. The number of allylic oxidation sites excluding steroid dienone is 2. The van der Waals surface area contributed by atoms with Gasteiger partial charge in [-0.25, -0.2) is 4.98 Å². The minimum atomic E-state index is -1.95. The quantitative estimate of drug-likeness (QED) is 0.121. The third-order valence-corrected chi connectivity index (χ3v) is 11.3. The molecule has 298 valence electrons. The lowest BCUT2D eigenvalue weighted by molar-refractivity contribution is -0.160. The van der Waals surface area contributed by atoms with Gasteiger partial charge in [-0.1, -0.05) is 52.0 Å². The number of rotatable bonds is 2. The van der Waals surface area contributed by atoms with Crippen LogP contribution in [0.25, 0.3) is 27.5 Å². The van der Waals surface area contributed by atoms with Crippen LogP contribution in [0, 0.1) is 30.6 Å². The largest absolute Gasteiger partial charge is 0.507 e. The number of hydrogen-bond donors (Lipinski definition) is 5. The second-order valence-electron chi connectivity index (χ2n) is 15.1. The number of aromatic nitrogens is 2. The number of phenolic OH excluding ortho intramolecular Hbond substituents is 2. The lowest BCUT2D eigenvalue weighted by Gasteiger charge is -2.38. The number of anilines is 1. The number of pyridine rings is 1. The lowest BCUT2D eigenvalue weighted by atomic mass is 9.78. The molecular weight excluding hydrogens is 722 g/mol. The van der Waals surface area contributed by atoms with Crippen LogP contribution in [0.15, 0.2) is 60.5 Å². The summed E-state index contributed by atoms with van der Waals surface area (Å²) < 4.78 is 25.4. The first-order chi connectivity index (χ1) is 26.4. The maximum atomic E-state index is 14.5. The number of phenols is 2. The van der Waals surface area contributed by atoms with Gasteiger partial charge in [0.05, 0.1) is 35.5 Å². The summed E-state index contributed by atoms with van der Waals surface area (Å²) in [5.41, 5.74) is 1.27. The summed E-state index contributed by atoms with van der Waals surface area (Å²) in [6.45, 7) is 12.8. The molecule has 4 aromatic rings. The van der Waals surface area contributed by atoms with Gasteiger partial charge in [0.15, 0.2) is 5.75 Å². The molecule has 6 rings (SSSR count). The Bertz CT molecular complexity index is 2330. The number of carbonyl (C=O) groups excluding carboxylic acids is 3. The van der Waals surface area contributed by atoms with Gasteiger partial charge in [0.2, 0.25) is 0 Å². The fourth-order valence-corrected chi connectivity index (χ4v) is 7.88. The van der Waals surface area contributed by atoms with Gasteiger partial charge < -0.3 is 44.7 Å². The van der Waals surface area contributed by atoms with E-state index in [1.165, 1.54) is 40.2 Å². The van der Waals surface area contributed by atoms with Crippen molar-refractivity contribution in [3.05, 3.63) is 71.7 Å². The van der Waals surface area contributed by atoms with Gasteiger partial charge in [-0.3, -0.25) is 18.8 Å². The zero-order valence-corrected chi connectivity index (χ0v) is 32.9. The molecule has 9 atom stereocenters. The fourth-order valence-electron chi connectivity index (χ4n) is 7.88. The predicted octanol–water partition coefficient (Wildman–Crippen LogP) is 5.85. The van der Waals surface area contributed by atoms with Crippen LogP contribution in [0.1, 0.15) is 64.4 Å². The van der Waals surface area contributed by atoms with E-state index in [0.717, 1.165) is 0 Å². The van der Waals surface area contributed by atoms with Crippen molar-refractivity contribution >= 4 is 50.8 Å². The van der Waals surface area contributed by atoms with E-state index in [4.69, 9.17) is 23.9 Å². The third kappa shape index (κ3) is 6.75. The Hall–Kier alpha value is -5.44. The number of methoxy groups -OCH3 is 1. The molecule has 0 aliphatic carbocycles. The zero-order chi connectivity index (χ0) is 41.0. The number of aliphatic hydroxyl groups excluding tert-OH is 2. The SMILES string of the molecule is CO[C@H]1/C=C/O[C@@]2(C)Oc3c(C)c(O)c4c(O)c(c5c(nc6ccccn65)c4c3C2=O)NC(=O)/C(C)=C\C=C\[C@H](C)[C@H](O)[C@@H](C)[C@@H](O)[C@@H](C)[C@H](OC(C)=O)[C@@H]1C. The number of ketones is 1. The number of fused-ring (bicyclic) bond motifs is 2. The zero-order valence-electron chi connectivity index (χ0n) is 32.9. The number of esters is 1. The van der Waals surface area contributed by atoms with E-state index >= 15 is 0 Å². The summed E-state index contributed by atoms with van der Waals surface area (Å²) in [5, 5.41) is 49.2. The Morgan fingerprint density at radius 2 is 1.70 bits per heavy atom. The maximum Gasteiger partial charge on any atom is 0.312 e. The summed E-state index contributed by atoms with van der Waals surface area (Å²) in [4.78, 5) is 45.4. The summed E-state index contributed by atoms with van der Waals surface area (Å²) >= 11 is 0. The van der Waals surface area contributed by atoms with Crippen molar-refractivity contribution in [2.45, 2.75) is 85.6 Å². The molecule has 4 heterocycles. The van der Waals surface area contributed by atoms with Gasteiger partial charge in [0, 0.05) is 67.3 Å². The molecule has 0 saturated heterocycles. The Morgan fingerprint density at radius 1 is 0.982 bits per heavy atom. The Labute approximate surface area is 324 Å². The minimum Gasteiger partial charge on any atom is -0.507 e. The van der Waals surface area contributed by atoms with Crippen LogP contribution in [0.4, 0.5) is 5.69 Å². The van der Waals surface area contributed by atoms with E-state index in [9.17, 15) is 34.8 Å². The molecule has 0 saturated carbocycles. The molecule has 14 heteroatoms. The second kappa shape index (κ2) is 15.2. The number of ether oxygens (including phenoxy) is 4. The average Bonchev–Trinajstić information content (AvgIpc) is 3.68. The van der Waals surface area contributed by atoms with Crippen molar-refractivity contribution < 1.29 is 53.8 Å². The van der Waals surface area contributed by atoms with Crippen LogP contribution in [0.3, 0.4) is 0 Å². The number of amides is 1. The van der Waals surface area contributed by atoms with Crippen LogP contribution in [0.2, 0.25) is 0 Å². The van der Waals surface area contributed by atoms with E-state index in [-0.39, 0.29) is 55.7 Å². The summed E-state index contributed by atoms with van der Waals surface area (Å²) in [7, 11) is 1.46. The minimum absolute atomic E-state index is 0.0169. The van der Waals surface area contributed by atoms with E-state index in [0.29, 0.717) is 5.65 Å². The number of benzene rings is 2. The Balaban J connectivity index is 1.57. The van der Waals surface area contributed by atoms with Crippen LogP contribution >= 0.6 is 0 Å². The molecule has 2 aromatic heterocycles. The van der Waals surface area contributed by atoms with Crippen molar-refractivity contribution in [1.82, 2.24) is 9.38 Å². The highest BCUT2D eigenvalue weighted by Crippen LogP contribution is 2.54. The molecule has 2 aromatic carbocycles. The number of carbonyl (C=O) groups is 3. The van der Waals surface area contributed by atoms with Gasteiger partial charge in [-0.15, -0.1) is 0 Å². The number of nitrogens with one attached hydrogen (secondary N) is 1. The first-order valence-corrected chi connectivity index (χ1v) is 18.5. The van der Waals surface area contributed by atoms with Crippen LogP contribution in [0.5, 0.6) is 17.2 Å². The molecule has 1 amide bonds. The number of hydrogen-bond acceptors (Lipinski definition) is 12. The van der Waals surface area contributed by atoms with Crippen molar-refractivity contribution in [1.29, 1.82) is 0 Å². The van der Waals surface area contributed by atoms with Gasteiger partial charge in [0.25, 0.3) is 11.7 Å². The van der Waals surface area contributed by atoms with Gasteiger partial charge >= 0.3 is 11.8 Å². The molecule has 14 nitrogen and oxygen atoms in total. The van der Waals surface area contributed by atoms with Crippen molar-refractivity contribution in [3.63, 3.8) is 0 Å². The van der Waals surface area contributed by atoms with Crippen LogP contribution in [-0.4, -0.2) is 84.8 Å². The molecule has 0 unspecified atom stereocenters. The van der Waals surface area contributed by atoms with E-state index in [1.54, 1.807) is 81.6 Å². The summed E-state index contributed by atoms with van der Waals surface area (Å²) in [6, 6.07) is 5.24. The number of nitrogens with zero attached hydrogens (tertiary/aromatic N) is 2.